The molecule has 1 saturated carbocycles. The second kappa shape index (κ2) is 3.71. The molecule has 14 heavy (non-hydrogen) atoms. The fourth-order valence-corrected chi connectivity index (χ4v) is 2.31. The summed E-state index contributed by atoms with van der Waals surface area (Å²) in [6.45, 7) is 0.107. The number of rotatable bonds is 2. The molecule has 0 spiro atoms. The van der Waals surface area contributed by atoms with E-state index in [2.05, 4.69) is 24.3 Å². The van der Waals surface area contributed by atoms with Gasteiger partial charge in [0.2, 0.25) is 0 Å². The van der Waals surface area contributed by atoms with Crippen molar-refractivity contribution in [3.63, 3.8) is 0 Å². The molecule has 0 heterocycles. The second-order valence-corrected chi connectivity index (χ2v) is 4.37. The van der Waals surface area contributed by atoms with Gasteiger partial charge in [0.15, 0.2) is 0 Å². The quantitative estimate of drug-likeness (QED) is 0.746. The van der Waals surface area contributed by atoms with Crippen LogP contribution < -0.4 is 5.73 Å². The topological polar surface area (TPSA) is 46.2 Å². The van der Waals surface area contributed by atoms with Crippen LogP contribution >= 0.6 is 0 Å². The summed E-state index contributed by atoms with van der Waals surface area (Å²) in [6, 6.07) is 10.4. The summed E-state index contributed by atoms with van der Waals surface area (Å²) in [5.41, 5.74) is 7.06. The van der Waals surface area contributed by atoms with Crippen LogP contribution in [0.4, 0.5) is 0 Å². The molecule has 1 aromatic rings. The minimum absolute atomic E-state index is 0.107. The smallest absolute Gasteiger partial charge is 0.0611 e. The van der Waals surface area contributed by atoms with E-state index in [4.69, 9.17) is 10.8 Å². The van der Waals surface area contributed by atoms with Crippen LogP contribution in [0.15, 0.2) is 30.3 Å². The first-order chi connectivity index (χ1) is 6.73. The zero-order chi connectivity index (χ0) is 10.0. The number of aliphatic hydroxyl groups is 1. The van der Waals surface area contributed by atoms with Gasteiger partial charge in [-0.3, -0.25) is 0 Å². The van der Waals surface area contributed by atoms with Crippen molar-refractivity contribution in [2.75, 3.05) is 6.61 Å². The fraction of sp³-hybridized carbons (Fsp3) is 0.500. The van der Waals surface area contributed by atoms with E-state index < -0.39 is 0 Å². The van der Waals surface area contributed by atoms with Crippen molar-refractivity contribution in [1.29, 1.82) is 0 Å². The van der Waals surface area contributed by atoms with Gasteiger partial charge in [-0.25, -0.2) is 0 Å². The molecule has 0 radical (unpaired) electrons. The van der Waals surface area contributed by atoms with Gasteiger partial charge in [-0.1, -0.05) is 30.3 Å². The van der Waals surface area contributed by atoms with Crippen LogP contribution in [-0.2, 0) is 0 Å². The summed E-state index contributed by atoms with van der Waals surface area (Å²) in [6.07, 6.45) is 2.94. The molecule has 0 bridgehead atoms. The van der Waals surface area contributed by atoms with Gasteiger partial charge in [0.05, 0.1) is 6.61 Å². The zero-order valence-electron chi connectivity index (χ0n) is 8.32. The Morgan fingerprint density at radius 1 is 1.36 bits per heavy atom. The van der Waals surface area contributed by atoms with Crippen molar-refractivity contribution < 1.29 is 5.11 Å². The van der Waals surface area contributed by atoms with Gasteiger partial charge in [0.1, 0.15) is 0 Å². The minimum Gasteiger partial charge on any atom is -0.394 e. The Balaban J connectivity index is 2.10. The maximum Gasteiger partial charge on any atom is 0.0611 e. The van der Waals surface area contributed by atoms with Crippen molar-refractivity contribution in [2.45, 2.75) is 30.7 Å². The normalized spacial score (nSPS) is 32.0. The third kappa shape index (κ3) is 1.81. The highest BCUT2D eigenvalue weighted by Crippen LogP contribution is 2.39. The number of nitrogens with two attached hydrogens (primary N) is 1. The Morgan fingerprint density at radius 2 is 2.07 bits per heavy atom. The monoisotopic (exact) mass is 191 g/mol. The first-order valence-electron chi connectivity index (χ1n) is 5.18. The lowest BCUT2D eigenvalue weighted by molar-refractivity contribution is 0.198. The predicted molar refractivity (Wildman–Crippen MR) is 57.0 cm³/mol. The molecule has 0 saturated heterocycles. The molecular formula is C12H17NO. The van der Waals surface area contributed by atoms with Gasteiger partial charge in [0.25, 0.3) is 0 Å². The van der Waals surface area contributed by atoms with Crippen molar-refractivity contribution >= 4 is 0 Å². The van der Waals surface area contributed by atoms with Gasteiger partial charge in [-0.15, -0.1) is 0 Å². The summed E-state index contributed by atoms with van der Waals surface area (Å²) < 4.78 is 0. The molecule has 2 rings (SSSR count). The van der Waals surface area contributed by atoms with E-state index in [9.17, 15) is 0 Å². The Hall–Kier alpha value is -0.860. The highest BCUT2D eigenvalue weighted by atomic mass is 16.3. The Labute approximate surface area is 84.7 Å². The Kier molecular flexibility index (Phi) is 2.57. The SMILES string of the molecule is NC1(CO)CC[C@@H](c2ccccc2)C1. The molecule has 0 aliphatic heterocycles. The maximum atomic E-state index is 9.16. The highest BCUT2D eigenvalue weighted by Gasteiger charge is 2.35. The van der Waals surface area contributed by atoms with Crippen LogP contribution in [-0.4, -0.2) is 17.3 Å². The Morgan fingerprint density at radius 3 is 2.64 bits per heavy atom. The van der Waals surface area contributed by atoms with E-state index in [1.54, 1.807) is 0 Å². The van der Waals surface area contributed by atoms with Crippen LogP contribution in [0.25, 0.3) is 0 Å². The molecule has 1 aliphatic rings. The highest BCUT2D eigenvalue weighted by molar-refractivity contribution is 5.22. The average molecular weight is 191 g/mol. The molecule has 2 heteroatoms. The van der Waals surface area contributed by atoms with Crippen molar-refractivity contribution in [1.82, 2.24) is 0 Å². The molecule has 2 atom stereocenters. The lowest BCUT2D eigenvalue weighted by Gasteiger charge is -2.20. The van der Waals surface area contributed by atoms with E-state index in [0.29, 0.717) is 5.92 Å². The summed E-state index contributed by atoms with van der Waals surface area (Å²) in [5, 5.41) is 9.16. The third-order valence-corrected chi connectivity index (χ3v) is 3.23. The molecule has 3 N–H and O–H groups in total. The van der Waals surface area contributed by atoms with Gasteiger partial charge in [-0.2, -0.15) is 0 Å². The fourth-order valence-electron chi connectivity index (χ4n) is 2.31. The number of hydrogen-bond donors (Lipinski definition) is 2. The average Bonchev–Trinajstić information content (AvgIpc) is 2.63. The summed E-state index contributed by atoms with van der Waals surface area (Å²) >= 11 is 0. The summed E-state index contributed by atoms with van der Waals surface area (Å²) in [5.74, 6) is 0.536. The largest absolute Gasteiger partial charge is 0.394 e. The van der Waals surface area contributed by atoms with E-state index in [-0.39, 0.29) is 12.1 Å². The summed E-state index contributed by atoms with van der Waals surface area (Å²) in [7, 11) is 0. The van der Waals surface area contributed by atoms with Crippen LogP contribution in [0.2, 0.25) is 0 Å². The van der Waals surface area contributed by atoms with Gasteiger partial charge >= 0.3 is 0 Å². The van der Waals surface area contributed by atoms with Gasteiger partial charge in [0, 0.05) is 5.54 Å². The van der Waals surface area contributed by atoms with Crippen molar-refractivity contribution in [3.8, 4) is 0 Å². The molecule has 1 unspecified atom stereocenters. The molecule has 1 aliphatic carbocycles. The molecule has 1 aromatic carbocycles. The molecule has 2 nitrogen and oxygen atoms in total. The first kappa shape index (κ1) is 9.69. The number of benzene rings is 1. The van der Waals surface area contributed by atoms with Crippen molar-refractivity contribution in [3.05, 3.63) is 35.9 Å². The molecule has 0 amide bonds. The maximum absolute atomic E-state index is 9.16. The molecule has 76 valence electrons. The van der Waals surface area contributed by atoms with Crippen molar-refractivity contribution in [2.24, 2.45) is 5.73 Å². The lowest BCUT2D eigenvalue weighted by atomic mass is 9.94. The third-order valence-electron chi connectivity index (χ3n) is 3.23. The van der Waals surface area contributed by atoms with Crippen LogP contribution in [0, 0.1) is 0 Å². The van der Waals surface area contributed by atoms with Crippen LogP contribution in [0.5, 0.6) is 0 Å². The van der Waals surface area contributed by atoms with E-state index in [1.165, 1.54) is 5.56 Å². The number of aliphatic hydroxyl groups excluding tert-OH is 1. The van der Waals surface area contributed by atoms with Gasteiger partial charge in [-0.05, 0) is 30.7 Å². The van der Waals surface area contributed by atoms with E-state index in [1.807, 2.05) is 6.07 Å². The Bertz CT molecular complexity index is 298. The van der Waals surface area contributed by atoms with E-state index >= 15 is 0 Å². The standard InChI is InChI=1S/C12H17NO/c13-12(9-14)7-6-11(8-12)10-4-2-1-3-5-10/h1-5,11,14H,6-9,13H2/t11-,12?/m1/s1. The second-order valence-electron chi connectivity index (χ2n) is 4.37. The van der Waals surface area contributed by atoms with Crippen LogP contribution in [0.3, 0.4) is 0 Å². The van der Waals surface area contributed by atoms with Gasteiger partial charge < -0.3 is 10.8 Å². The lowest BCUT2D eigenvalue weighted by Crippen LogP contribution is -2.40. The van der Waals surface area contributed by atoms with Crippen LogP contribution in [0.1, 0.15) is 30.7 Å². The van der Waals surface area contributed by atoms with E-state index in [0.717, 1.165) is 19.3 Å². The predicted octanol–water partition coefficient (Wildman–Crippen LogP) is 1.64. The zero-order valence-corrected chi connectivity index (χ0v) is 8.32. The molecule has 1 fully saturated rings. The first-order valence-corrected chi connectivity index (χ1v) is 5.18. The molecular weight excluding hydrogens is 174 g/mol. The summed E-state index contributed by atoms with van der Waals surface area (Å²) in [4.78, 5) is 0. The molecule has 0 aromatic heterocycles. The minimum atomic E-state index is -0.333. The number of hydrogen-bond acceptors (Lipinski definition) is 2.